The van der Waals surface area contributed by atoms with Crippen LogP contribution in [-0.4, -0.2) is 24.6 Å². The van der Waals surface area contributed by atoms with Crippen LogP contribution >= 0.6 is 0 Å². The Bertz CT molecular complexity index is 1820. The van der Waals surface area contributed by atoms with Gasteiger partial charge in [0, 0.05) is 36.2 Å². The predicted octanol–water partition coefficient (Wildman–Crippen LogP) is 5.14. The topological polar surface area (TPSA) is 111 Å². The fourth-order valence-corrected chi connectivity index (χ4v) is 4.67. The number of rotatable bonds is 5. The highest BCUT2D eigenvalue weighted by atomic mass is 19.4. The van der Waals surface area contributed by atoms with Crippen molar-refractivity contribution in [2.24, 2.45) is 7.05 Å². The predicted molar refractivity (Wildman–Crippen MR) is 135 cm³/mol. The summed E-state index contributed by atoms with van der Waals surface area (Å²) in [5.74, 6) is -0.432. The van der Waals surface area contributed by atoms with E-state index in [0.29, 0.717) is 22.0 Å². The molecule has 1 unspecified atom stereocenters. The van der Waals surface area contributed by atoms with Gasteiger partial charge in [0.2, 0.25) is 0 Å². The Morgan fingerprint density at radius 3 is 2.25 bits per heavy atom. The number of alkyl halides is 3. The third-order valence-electron chi connectivity index (χ3n) is 6.67. The molecule has 0 amide bonds. The summed E-state index contributed by atoms with van der Waals surface area (Å²) in [6.07, 6.45) is -0.791. The summed E-state index contributed by atoms with van der Waals surface area (Å²) in [6, 6.07) is 16.2. The van der Waals surface area contributed by atoms with E-state index < -0.39 is 23.3 Å². The number of pyridine rings is 2. The first-order valence-electron chi connectivity index (χ1n) is 11.8. The SMILES string of the molecule is Cn1cncc1C(O)(c1ccc(C(F)(F)F)nc1)c1ccc2nc(C#N)c(Cc3ccc(F)cc3)c(C#N)c2c1. The molecular formula is C29H18F4N6O. The van der Waals surface area contributed by atoms with Crippen LogP contribution in [-0.2, 0) is 25.2 Å². The van der Waals surface area contributed by atoms with E-state index in [1.165, 1.54) is 59.6 Å². The van der Waals surface area contributed by atoms with Crippen molar-refractivity contribution in [1.29, 1.82) is 10.5 Å². The van der Waals surface area contributed by atoms with Gasteiger partial charge in [-0.1, -0.05) is 24.3 Å². The summed E-state index contributed by atoms with van der Waals surface area (Å²) in [4.78, 5) is 12.0. The van der Waals surface area contributed by atoms with Gasteiger partial charge in [0.1, 0.15) is 29.3 Å². The van der Waals surface area contributed by atoms with Gasteiger partial charge in [-0.3, -0.25) is 4.98 Å². The molecule has 198 valence electrons. The number of hydrogen-bond acceptors (Lipinski definition) is 6. The Morgan fingerprint density at radius 1 is 0.950 bits per heavy atom. The van der Waals surface area contributed by atoms with Crippen LogP contribution in [0, 0.1) is 28.5 Å². The average molecular weight is 542 g/mol. The van der Waals surface area contributed by atoms with Crippen molar-refractivity contribution < 1.29 is 22.7 Å². The van der Waals surface area contributed by atoms with Crippen LogP contribution in [0.1, 0.15) is 44.9 Å². The molecule has 0 aliphatic rings. The van der Waals surface area contributed by atoms with Crippen LogP contribution < -0.4 is 0 Å². The number of halogens is 4. The molecule has 5 rings (SSSR count). The number of nitrogens with zero attached hydrogens (tertiary/aromatic N) is 6. The maximum Gasteiger partial charge on any atom is 0.433 e. The van der Waals surface area contributed by atoms with E-state index in [4.69, 9.17) is 0 Å². The lowest BCUT2D eigenvalue weighted by Crippen LogP contribution is -2.31. The van der Waals surface area contributed by atoms with Crippen LogP contribution in [0.4, 0.5) is 17.6 Å². The van der Waals surface area contributed by atoms with Crippen molar-refractivity contribution in [2.75, 3.05) is 0 Å². The van der Waals surface area contributed by atoms with Crippen molar-refractivity contribution in [3.05, 3.63) is 124 Å². The third kappa shape index (κ3) is 4.53. The van der Waals surface area contributed by atoms with Crippen molar-refractivity contribution >= 4 is 10.9 Å². The van der Waals surface area contributed by atoms with Gasteiger partial charge in [0.15, 0.2) is 5.60 Å². The van der Waals surface area contributed by atoms with E-state index in [0.717, 1.165) is 18.3 Å². The molecule has 1 atom stereocenters. The molecule has 0 fully saturated rings. The molecule has 1 N–H and O–H groups in total. The van der Waals surface area contributed by atoms with Crippen LogP contribution in [0.3, 0.4) is 0 Å². The molecule has 0 saturated carbocycles. The number of aliphatic hydroxyl groups is 1. The highest BCUT2D eigenvalue weighted by molar-refractivity contribution is 5.88. The first-order valence-corrected chi connectivity index (χ1v) is 11.8. The molecule has 11 heteroatoms. The van der Waals surface area contributed by atoms with Crippen LogP contribution in [0.5, 0.6) is 0 Å². The molecule has 0 saturated heterocycles. The molecule has 0 radical (unpaired) electrons. The Labute approximate surface area is 225 Å². The first kappa shape index (κ1) is 26.5. The fourth-order valence-electron chi connectivity index (χ4n) is 4.67. The summed E-state index contributed by atoms with van der Waals surface area (Å²) in [5, 5.41) is 32.4. The van der Waals surface area contributed by atoms with E-state index >= 15 is 0 Å². The number of aromatic nitrogens is 4. The van der Waals surface area contributed by atoms with Crippen molar-refractivity contribution in [1.82, 2.24) is 19.5 Å². The second-order valence-corrected chi connectivity index (χ2v) is 9.10. The number of aryl methyl sites for hydroxylation is 1. The quantitative estimate of drug-likeness (QED) is 0.308. The van der Waals surface area contributed by atoms with Gasteiger partial charge in [0.25, 0.3) is 0 Å². The van der Waals surface area contributed by atoms with Crippen molar-refractivity contribution in [3.63, 3.8) is 0 Å². The first-order chi connectivity index (χ1) is 19.1. The minimum absolute atomic E-state index is 0.0231. The lowest BCUT2D eigenvalue weighted by molar-refractivity contribution is -0.141. The Balaban J connectivity index is 1.73. The molecule has 7 nitrogen and oxygen atoms in total. The molecule has 0 spiro atoms. The highest BCUT2D eigenvalue weighted by Gasteiger charge is 2.39. The highest BCUT2D eigenvalue weighted by Crippen LogP contribution is 2.39. The van der Waals surface area contributed by atoms with Crippen LogP contribution in [0.2, 0.25) is 0 Å². The average Bonchev–Trinajstić information content (AvgIpc) is 3.39. The Kier molecular flexibility index (Phi) is 6.54. The molecule has 5 aromatic rings. The second kappa shape index (κ2) is 9.88. The zero-order valence-electron chi connectivity index (χ0n) is 20.8. The molecule has 0 aliphatic carbocycles. The molecular weight excluding hydrogens is 524 g/mol. The van der Waals surface area contributed by atoms with Crippen LogP contribution in [0.25, 0.3) is 10.9 Å². The zero-order chi connectivity index (χ0) is 28.7. The van der Waals surface area contributed by atoms with Crippen LogP contribution in [0.15, 0.2) is 73.3 Å². The summed E-state index contributed by atoms with van der Waals surface area (Å²) < 4.78 is 54.5. The number of hydrogen-bond donors (Lipinski definition) is 1. The normalized spacial score (nSPS) is 13.0. The molecule has 2 aromatic carbocycles. The van der Waals surface area contributed by atoms with E-state index in [-0.39, 0.29) is 34.5 Å². The second-order valence-electron chi connectivity index (χ2n) is 9.10. The maximum atomic E-state index is 13.4. The minimum Gasteiger partial charge on any atom is -0.374 e. The van der Waals surface area contributed by atoms with Gasteiger partial charge in [-0.25, -0.2) is 14.4 Å². The van der Waals surface area contributed by atoms with E-state index in [1.54, 1.807) is 7.05 Å². The van der Waals surface area contributed by atoms with Gasteiger partial charge in [-0.15, -0.1) is 0 Å². The molecule has 3 heterocycles. The molecule has 0 aliphatic heterocycles. The maximum absolute atomic E-state index is 13.4. The number of nitriles is 2. The molecule has 0 bridgehead atoms. The fraction of sp³-hybridized carbons (Fsp3) is 0.138. The number of benzene rings is 2. The van der Waals surface area contributed by atoms with Crippen molar-refractivity contribution in [3.8, 4) is 12.1 Å². The lowest BCUT2D eigenvalue weighted by Gasteiger charge is -2.30. The smallest absolute Gasteiger partial charge is 0.374 e. The van der Waals surface area contributed by atoms with E-state index in [2.05, 4.69) is 21.0 Å². The molecule has 3 aromatic heterocycles. The van der Waals surface area contributed by atoms with Gasteiger partial charge in [-0.2, -0.15) is 23.7 Å². The summed E-state index contributed by atoms with van der Waals surface area (Å²) in [6.45, 7) is 0. The minimum atomic E-state index is -4.67. The molecule has 40 heavy (non-hydrogen) atoms. The third-order valence-corrected chi connectivity index (χ3v) is 6.67. The van der Waals surface area contributed by atoms with E-state index in [9.17, 15) is 33.2 Å². The largest absolute Gasteiger partial charge is 0.433 e. The summed E-state index contributed by atoms with van der Waals surface area (Å²) >= 11 is 0. The summed E-state index contributed by atoms with van der Waals surface area (Å²) in [7, 11) is 1.62. The Hall–Kier alpha value is -5.13. The Morgan fingerprint density at radius 2 is 1.68 bits per heavy atom. The van der Waals surface area contributed by atoms with Gasteiger partial charge in [0.05, 0.1) is 29.3 Å². The van der Waals surface area contributed by atoms with Crippen molar-refractivity contribution in [2.45, 2.75) is 18.2 Å². The number of fused-ring (bicyclic) bond motifs is 1. The lowest BCUT2D eigenvalue weighted by atomic mass is 9.83. The summed E-state index contributed by atoms with van der Waals surface area (Å²) in [5.41, 5.74) is -1.23. The standard InChI is InChI=1S/C29H18F4N6O/c1-39-16-36-15-27(39)28(40,19-5-9-26(37-14-19)29(31,32)33)18-4-8-24-22(11-18)23(12-34)21(25(13-35)38-24)10-17-2-6-20(30)7-3-17/h2-9,11,14-16,40H,10H2,1H3. The van der Waals surface area contributed by atoms with Gasteiger partial charge < -0.3 is 9.67 Å². The zero-order valence-corrected chi connectivity index (χ0v) is 20.8. The van der Waals surface area contributed by atoms with E-state index in [1.807, 2.05) is 6.07 Å². The van der Waals surface area contributed by atoms with Gasteiger partial charge >= 0.3 is 6.18 Å². The number of imidazole rings is 1. The van der Waals surface area contributed by atoms with Gasteiger partial charge in [-0.05, 0) is 41.5 Å². The monoisotopic (exact) mass is 542 g/mol.